The molecule has 1 atom stereocenters. The summed E-state index contributed by atoms with van der Waals surface area (Å²) in [6, 6.07) is 8.32. The van der Waals surface area contributed by atoms with E-state index in [9.17, 15) is 0 Å². The Balaban J connectivity index is 2.49. The number of rotatable bonds is 1. The van der Waals surface area contributed by atoms with Crippen molar-refractivity contribution >= 4 is 0 Å². The van der Waals surface area contributed by atoms with Gasteiger partial charge in [-0.05, 0) is 24.0 Å². The fraction of sp³-hybridized carbons (Fsp3) is 0.400. The third-order valence-electron chi connectivity index (χ3n) is 2.76. The molecule has 2 heteroatoms. The van der Waals surface area contributed by atoms with E-state index in [1.807, 2.05) is 6.07 Å². The maximum atomic E-state index is 6.14. The van der Waals surface area contributed by atoms with Crippen LogP contribution in [0.15, 0.2) is 24.3 Å². The van der Waals surface area contributed by atoms with Crippen LogP contribution >= 0.6 is 0 Å². The second kappa shape index (κ2) is 2.57. The minimum absolute atomic E-state index is 0.253. The molecule has 1 aliphatic rings. The van der Waals surface area contributed by atoms with Crippen molar-refractivity contribution in [2.75, 3.05) is 6.54 Å². The van der Waals surface area contributed by atoms with E-state index in [-0.39, 0.29) is 5.54 Å². The van der Waals surface area contributed by atoms with Gasteiger partial charge in [0, 0.05) is 6.54 Å². The van der Waals surface area contributed by atoms with Crippen molar-refractivity contribution in [1.29, 1.82) is 0 Å². The number of aryl methyl sites for hydroxylation is 1. The van der Waals surface area contributed by atoms with Gasteiger partial charge in [-0.3, -0.25) is 0 Å². The predicted molar refractivity (Wildman–Crippen MR) is 49.7 cm³/mol. The molecular formula is C10H14N2. The van der Waals surface area contributed by atoms with E-state index in [0.29, 0.717) is 6.54 Å². The second-order valence-electron chi connectivity index (χ2n) is 3.52. The van der Waals surface area contributed by atoms with E-state index in [1.165, 1.54) is 11.1 Å². The maximum absolute atomic E-state index is 6.14. The lowest BCUT2D eigenvalue weighted by atomic mass is 9.93. The highest BCUT2D eigenvalue weighted by Gasteiger charge is 2.32. The van der Waals surface area contributed by atoms with E-state index < -0.39 is 0 Å². The molecule has 0 bridgehead atoms. The van der Waals surface area contributed by atoms with Crippen LogP contribution in [-0.2, 0) is 12.0 Å². The Bertz CT molecular complexity index is 296. The maximum Gasteiger partial charge on any atom is 0.0539 e. The van der Waals surface area contributed by atoms with Gasteiger partial charge in [0.15, 0.2) is 0 Å². The first-order valence-corrected chi connectivity index (χ1v) is 4.33. The average Bonchev–Trinajstić information content (AvgIpc) is 2.46. The van der Waals surface area contributed by atoms with Crippen molar-refractivity contribution in [3.8, 4) is 0 Å². The third-order valence-corrected chi connectivity index (χ3v) is 2.76. The first-order chi connectivity index (χ1) is 5.76. The summed E-state index contributed by atoms with van der Waals surface area (Å²) in [6.45, 7) is 0.546. The monoisotopic (exact) mass is 162 g/mol. The van der Waals surface area contributed by atoms with Gasteiger partial charge in [0.25, 0.3) is 0 Å². The molecule has 0 amide bonds. The summed E-state index contributed by atoms with van der Waals surface area (Å²) >= 11 is 0. The summed E-state index contributed by atoms with van der Waals surface area (Å²) in [5.41, 5.74) is 14.2. The number of hydrogen-bond acceptors (Lipinski definition) is 2. The van der Waals surface area contributed by atoms with Crippen LogP contribution in [0.3, 0.4) is 0 Å². The summed E-state index contributed by atoms with van der Waals surface area (Å²) in [5, 5.41) is 0. The van der Waals surface area contributed by atoms with Gasteiger partial charge in [-0.15, -0.1) is 0 Å². The molecule has 0 aliphatic heterocycles. The summed E-state index contributed by atoms with van der Waals surface area (Å²) in [6.07, 6.45) is 2.06. The highest BCUT2D eigenvalue weighted by molar-refractivity contribution is 5.38. The molecular weight excluding hydrogens is 148 g/mol. The van der Waals surface area contributed by atoms with Gasteiger partial charge in [0.05, 0.1) is 5.54 Å². The van der Waals surface area contributed by atoms with Crippen molar-refractivity contribution in [2.24, 2.45) is 11.5 Å². The van der Waals surface area contributed by atoms with E-state index in [1.54, 1.807) is 0 Å². The van der Waals surface area contributed by atoms with Crippen molar-refractivity contribution in [3.05, 3.63) is 35.4 Å². The SMILES string of the molecule is NC[C@@]1(N)CCc2ccccc21. The Morgan fingerprint density at radius 1 is 1.33 bits per heavy atom. The smallest absolute Gasteiger partial charge is 0.0539 e. The first kappa shape index (κ1) is 7.77. The Hall–Kier alpha value is -0.860. The summed E-state index contributed by atoms with van der Waals surface area (Å²) in [5.74, 6) is 0. The van der Waals surface area contributed by atoms with E-state index in [0.717, 1.165) is 12.8 Å². The summed E-state index contributed by atoms with van der Waals surface area (Å²) in [7, 11) is 0. The fourth-order valence-corrected chi connectivity index (χ4v) is 1.93. The Morgan fingerprint density at radius 3 is 2.83 bits per heavy atom. The number of benzene rings is 1. The lowest BCUT2D eigenvalue weighted by molar-refractivity contribution is 0.454. The number of hydrogen-bond donors (Lipinski definition) is 2. The first-order valence-electron chi connectivity index (χ1n) is 4.33. The summed E-state index contributed by atoms with van der Waals surface area (Å²) < 4.78 is 0. The molecule has 1 aromatic rings. The van der Waals surface area contributed by atoms with Crippen LogP contribution in [-0.4, -0.2) is 6.54 Å². The number of nitrogens with two attached hydrogens (primary N) is 2. The highest BCUT2D eigenvalue weighted by atomic mass is 14.8. The van der Waals surface area contributed by atoms with Crippen molar-refractivity contribution in [2.45, 2.75) is 18.4 Å². The van der Waals surface area contributed by atoms with E-state index >= 15 is 0 Å². The molecule has 0 fully saturated rings. The Kier molecular flexibility index (Phi) is 1.67. The van der Waals surface area contributed by atoms with Crippen LogP contribution < -0.4 is 11.5 Å². The standard InChI is InChI=1S/C10H14N2/c11-7-10(12)6-5-8-3-1-2-4-9(8)10/h1-4H,5-7,11-12H2/t10-/m0/s1. The highest BCUT2D eigenvalue weighted by Crippen LogP contribution is 2.33. The second-order valence-corrected chi connectivity index (χ2v) is 3.52. The Labute approximate surface area is 72.6 Å². The molecule has 1 aromatic carbocycles. The third kappa shape index (κ3) is 0.958. The molecule has 0 radical (unpaired) electrons. The van der Waals surface area contributed by atoms with Crippen LogP contribution in [0.2, 0.25) is 0 Å². The minimum Gasteiger partial charge on any atom is -0.328 e. The normalized spacial score (nSPS) is 27.2. The van der Waals surface area contributed by atoms with E-state index in [2.05, 4.69) is 18.2 Å². The van der Waals surface area contributed by atoms with Crippen LogP contribution in [0.5, 0.6) is 0 Å². The lowest BCUT2D eigenvalue weighted by Gasteiger charge is -2.22. The van der Waals surface area contributed by atoms with Crippen LogP contribution in [0.25, 0.3) is 0 Å². The van der Waals surface area contributed by atoms with Crippen molar-refractivity contribution in [1.82, 2.24) is 0 Å². The van der Waals surface area contributed by atoms with Gasteiger partial charge in [-0.25, -0.2) is 0 Å². The molecule has 0 saturated carbocycles. The zero-order valence-electron chi connectivity index (χ0n) is 7.09. The quantitative estimate of drug-likeness (QED) is 0.640. The van der Waals surface area contributed by atoms with Gasteiger partial charge < -0.3 is 11.5 Å². The molecule has 4 N–H and O–H groups in total. The van der Waals surface area contributed by atoms with Crippen LogP contribution in [0, 0.1) is 0 Å². The topological polar surface area (TPSA) is 52.0 Å². The molecule has 64 valence electrons. The summed E-state index contributed by atoms with van der Waals surface area (Å²) in [4.78, 5) is 0. The molecule has 1 aliphatic carbocycles. The van der Waals surface area contributed by atoms with Gasteiger partial charge in [0.2, 0.25) is 0 Å². The Morgan fingerprint density at radius 2 is 2.08 bits per heavy atom. The van der Waals surface area contributed by atoms with Gasteiger partial charge in [-0.2, -0.15) is 0 Å². The van der Waals surface area contributed by atoms with E-state index in [4.69, 9.17) is 11.5 Å². The molecule has 0 spiro atoms. The number of fused-ring (bicyclic) bond motifs is 1. The zero-order chi connectivity index (χ0) is 8.60. The van der Waals surface area contributed by atoms with Gasteiger partial charge in [0.1, 0.15) is 0 Å². The van der Waals surface area contributed by atoms with Crippen LogP contribution in [0.1, 0.15) is 17.5 Å². The molecule has 2 rings (SSSR count). The molecule has 12 heavy (non-hydrogen) atoms. The minimum atomic E-state index is -0.253. The van der Waals surface area contributed by atoms with Crippen molar-refractivity contribution < 1.29 is 0 Å². The molecule has 0 unspecified atom stereocenters. The predicted octanol–water partition coefficient (Wildman–Crippen LogP) is 0.745. The molecule has 2 nitrogen and oxygen atoms in total. The largest absolute Gasteiger partial charge is 0.328 e. The molecule has 0 aromatic heterocycles. The van der Waals surface area contributed by atoms with Crippen LogP contribution in [0.4, 0.5) is 0 Å². The zero-order valence-corrected chi connectivity index (χ0v) is 7.09. The van der Waals surface area contributed by atoms with Gasteiger partial charge >= 0.3 is 0 Å². The van der Waals surface area contributed by atoms with Crippen molar-refractivity contribution in [3.63, 3.8) is 0 Å². The van der Waals surface area contributed by atoms with Gasteiger partial charge in [-0.1, -0.05) is 24.3 Å². The lowest BCUT2D eigenvalue weighted by Crippen LogP contribution is -2.41. The average molecular weight is 162 g/mol. The fourth-order valence-electron chi connectivity index (χ4n) is 1.93. The molecule has 0 heterocycles. The molecule has 0 saturated heterocycles.